The first-order chi connectivity index (χ1) is 8.24. The van der Waals surface area contributed by atoms with Gasteiger partial charge in [-0.3, -0.25) is 0 Å². The molecule has 0 aliphatic rings. The third-order valence-corrected chi connectivity index (χ3v) is 16.4. The Morgan fingerprint density at radius 3 is 0.882 bits per heavy atom. The van der Waals surface area contributed by atoms with E-state index in [9.17, 15) is 0 Å². The first-order valence-electron chi connectivity index (χ1n) is 8.09. The van der Waals surface area contributed by atoms with Gasteiger partial charge in [-0.2, -0.15) is 0 Å². The van der Waals surface area contributed by atoms with Crippen molar-refractivity contribution in [1.82, 2.24) is 0 Å². The minimum atomic E-state index is -1.58. The van der Waals surface area contributed by atoms with Crippen LogP contribution in [0.15, 0.2) is 0 Å². The standard InChI is InChI=1S/4C4H9.Nb/c4*1-3-4-2;/h4*1,3-4H2,2H3;. The third-order valence-electron chi connectivity index (χ3n) is 3.94. The van der Waals surface area contributed by atoms with Gasteiger partial charge < -0.3 is 0 Å². The molecule has 105 valence electrons. The number of rotatable bonds is 12. The van der Waals surface area contributed by atoms with E-state index in [1.54, 1.807) is 18.6 Å². The van der Waals surface area contributed by atoms with Crippen LogP contribution in [0.25, 0.3) is 0 Å². The molecule has 0 aliphatic heterocycles. The zero-order valence-corrected chi connectivity index (χ0v) is 15.1. The molecule has 17 heavy (non-hydrogen) atoms. The van der Waals surface area contributed by atoms with Gasteiger partial charge in [-0.05, 0) is 0 Å². The normalized spacial score (nSPS) is 12.0. The van der Waals surface area contributed by atoms with E-state index in [-0.39, 0.29) is 0 Å². The van der Waals surface area contributed by atoms with Crippen molar-refractivity contribution in [1.29, 1.82) is 0 Å². The summed E-state index contributed by atoms with van der Waals surface area (Å²) in [6.45, 7) is 9.48. The Bertz CT molecular complexity index is 116. The molecule has 0 N–H and O–H groups in total. The molecule has 0 nitrogen and oxygen atoms in total. The quantitative estimate of drug-likeness (QED) is 0.339. The van der Waals surface area contributed by atoms with Gasteiger partial charge in [0, 0.05) is 0 Å². The van der Waals surface area contributed by atoms with E-state index in [2.05, 4.69) is 27.7 Å². The zero-order chi connectivity index (χ0) is 13.0. The van der Waals surface area contributed by atoms with Crippen LogP contribution < -0.4 is 0 Å². The average molecular weight is 321 g/mol. The number of unbranched alkanes of at least 4 members (excludes halogenated alkanes) is 4. The van der Waals surface area contributed by atoms with Crippen LogP contribution in [0.5, 0.6) is 0 Å². The van der Waals surface area contributed by atoms with Gasteiger partial charge in [0.25, 0.3) is 0 Å². The van der Waals surface area contributed by atoms with E-state index in [4.69, 9.17) is 0 Å². The monoisotopic (exact) mass is 321 g/mol. The van der Waals surface area contributed by atoms with Crippen molar-refractivity contribution in [3.8, 4) is 0 Å². The maximum absolute atomic E-state index is 2.37. The van der Waals surface area contributed by atoms with Crippen LogP contribution in [0.2, 0.25) is 18.6 Å². The van der Waals surface area contributed by atoms with Gasteiger partial charge in [-0.25, -0.2) is 0 Å². The predicted octanol–water partition coefficient (Wildman–Crippen LogP) is 7.01. The molecule has 0 heterocycles. The number of hydrogen-bond acceptors (Lipinski definition) is 0. The second-order valence-corrected chi connectivity index (χ2v) is 16.6. The van der Waals surface area contributed by atoms with Crippen LogP contribution in [-0.2, 0) is 17.1 Å². The number of hydrogen-bond donors (Lipinski definition) is 0. The SMILES string of the molecule is CCC[CH2][Nb]([CH2]CCC)([CH2]CCC)[CH2]CCC. The van der Waals surface area contributed by atoms with Crippen LogP contribution in [0, 0.1) is 0 Å². The van der Waals surface area contributed by atoms with Crippen molar-refractivity contribution in [2.45, 2.75) is 97.6 Å². The molecule has 0 bridgehead atoms. The zero-order valence-electron chi connectivity index (χ0n) is 12.9. The molecule has 0 aromatic carbocycles. The molecule has 0 saturated heterocycles. The summed E-state index contributed by atoms with van der Waals surface area (Å²) in [4.78, 5) is 0. The molecular formula is C16H36Nb. The molecule has 0 saturated carbocycles. The average Bonchev–Trinajstić information content (AvgIpc) is 2.37. The van der Waals surface area contributed by atoms with Gasteiger partial charge in [0.2, 0.25) is 0 Å². The Hall–Kier alpha value is 0.740. The second kappa shape index (κ2) is 11.8. The maximum atomic E-state index is 2.37. The third kappa shape index (κ3) is 8.46. The van der Waals surface area contributed by atoms with Gasteiger partial charge in [0.1, 0.15) is 0 Å². The van der Waals surface area contributed by atoms with Crippen molar-refractivity contribution in [3.63, 3.8) is 0 Å². The first kappa shape index (κ1) is 17.7. The molecule has 0 unspecified atom stereocenters. The van der Waals surface area contributed by atoms with Gasteiger partial charge in [-0.1, -0.05) is 0 Å². The van der Waals surface area contributed by atoms with Gasteiger partial charge in [-0.15, -0.1) is 0 Å². The summed E-state index contributed by atoms with van der Waals surface area (Å²) in [6, 6.07) is 0. The fraction of sp³-hybridized carbons (Fsp3) is 1.00. The molecule has 0 fully saturated rings. The van der Waals surface area contributed by atoms with E-state index in [1.165, 1.54) is 51.4 Å². The van der Waals surface area contributed by atoms with E-state index in [0.29, 0.717) is 0 Å². The van der Waals surface area contributed by atoms with Crippen molar-refractivity contribution < 1.29 is 17.1 Å². The summed E-state index contributed by atoms with van der Waals surface area (Å²) in [5, 5.41) is 0. The molecule has 0 atom stereocenters. The molecule has 0 rings (SSSR count). The minimum absolute atomic E-state index is 1.42. The molecule has 0 aromatic heterocycles. The molecule has 0 aliphatic carbocycles. The Labute approximate surface area is 114 Å². The summed E-state index contributed by atoms with van der Waals surface area (Å²) >= 11 is -1.58. The van der Waals surface area contributed by atoms with E-state index >= 15 is 0 Å². The van der Waals surface area contributed by atoms with E-state index in [1.807, 2.05) is 0 Å². The fourth-order valence-corrected chi connectivity index (χ4v) is 15.6. The molecule has 0 aromatic rings. The Kier molecular flexibility index (Phi) is 12.3. The van der Waals surface area contributed by atoms with Crippen molar-refractivity contribution in [2.24, 2.45) is 0 Å². The van der Waals surface area contributed by atoms with Crippen LogP contribution >= 0.6 is 0 Å². The summed E-state index contributed by atoms with van der Waals surface area (Å²) in [7, 11) is 0. The van der Waals surface area contributed by atoms with Gasteiger partial charge in [0.15, 0.2) is 0 Å². The molecule has 0 amide bonds. The molecular weight excluding hydrogens is 285 g/mol. The van der Waals surface area contributed by atoms with Crippen molar-refractivity contribution in [2.75, 3.05) is 0 Å². The Morgan fingerprint density at radius 2 is 0.706 bits per heavy atom. The Morgan fingerprint density at radius 1 is 0.471 bits per heavy atom. The topological polar surface area (TPSA) is 0 Å². The second-order valence-electron chi connectivity index (χ2n) is 5.65. The molecule has 0 radical (unpaired) electrons. The fourth-order valence-electron chi connectivity index (χ4n) is 2.64. The van der Waals surface area contributed by atoms with Crippen LogP contribution in [0.1, 0.15) is 79.1 Å². The molecule has 1 heteroatoms. The summed E-state index contributed by atoms with van der Waals surface area (Å²) in [6.07, 6.45) is 11.8. The summed E-state index contributed by atoms with van der Waals surface area (Å²) in [5.74, 6) is 0. The van der Waals surface area contributed by atoms with E-state index in [0.717, 1.165) is 0 Å². The van der Waals surface area contributed by atoms with E-state index < -0.39 is 17.1 Å². The first-order valence-corrected chi connectivity index (χ1v) is 14.3. The summed E-state index contributed by atoms with van der Waals surface area (Å²) in [5.41, 5.74) is 0. The predicted molar refractivity (Wildman–Crippen MR) is 78.9 cm³/mol. The molecule has 0 spiro atoms. The van der Waals surface area contributed by atoms with Crippen LogP contribution in [0.3, 0.4) is 0 Å². The van der Waals surface area contributed by atoms with Crippen molar-refractivity contribution in [3.05, 3.63) is 0 Å². The van der Waals surface area contributed by atoms with Crippen LogP contribution in [0.4, 0.5) is 0 Å². The van der Waals surface area contributed by atoms with Gasteiger partial charge in [0.05, 0.1) is 0 Å². The van der Waals surface area contributed by atoms with Crippen LogP contribution in [-0.4, -0.2) is 0 Å². The summed E-state index contributed by atoms with van der Waals surface area (Å²) < 4.78 is 6.76. The Balaban J connectivity index is 4.39. The van der Waals surface area contributed by atoms with Gasteiger partial charge >= 0.3 is 115 Å². The van der Waals surface area contributed by atoms with Crippen molar-refractivity contribution >= 4 is 0 Å².